The molecular weight excluding hydrogens is 1020 g/mol. The quantitative estimate of drug-likeness (QED) is 0.0261. The summed E-state index contributed by atoms with van der Waals surface area (Å²) in [5.74, 6) is -0.915. The summed E-state index contributed by atoms with van der Waals surface area (Å²) in [6, 6.07) is 0. The molecule has 0 rings (SSSR count). The normalized spacial score (nSPS) is 13.1. The Bertz CT molecular complexity index is 1840. The second kappa shape index (κ2) is 69.5. The number of esters is 3. The number of hydrogen-bond donors (Lipinski definition) is 0. The standard InChI is InChI=1S/C77H124O6/c1-4-7-10-13-15-17-19-21-23-25-27-29-31-33-35-37-38-40-41-43-45-47-49-51-53-55-57-59-61-64-67-70-76(79)82-73-74(72-81-75(78)69-66-63-12-9-6-3)83-77(80)71-68-65-62-60-58-56-54-52-50-48-46-44-42-39-36-34-32-30-28-26-24-22-20-18-16-14-11-8-5-2/h7-8,10-11,15-18,21-24,27-30,33-36,38,40,42,44,48,50,74H,4-6,9,12-14,19-20,25-26,31-32,37,39,41,43,45-47,49,51-73H2,1-3H3/b10-7-,11-8-,17-15-,18-16-,23-21-,24-22-,29-27-,30-28-,35-33-,36-34-,40-38-,44-42-,50-48-. The highest BCUT2D eigenvalue weighted by molar-refractivity contribution is 5.71. The molecule has 0 spiro atoms. The predicted octanol–water partition coefficient (Wildman–Crippen LogP) is 23.7. The van der Waals surface area contributed by atoms with Crippen LogP contribution in [0.4, 0.5) is 0 Å². The molecule has 0 N–H and O–H groups in total. The average molecular weight is 1150 g/mol. The highest BCUT2D eigenvalue weighted by Gasteiger charge is 2.19. The van der Waals surface area contributed by atoms with Crippen molar-refractivity contribution >= 4 is 17.9 Å². The molecule has 6 nitrogen and oxygen atoms in total. The first-order valence-corrected chi connectivity index (χ1v) is 34.0. The third-order valence-electron chi connectivity index (χ3n) is 14.0. The first-order chi connectivity index (χ1) is 41.0. The third-order valence-corrected chi connectivity index (χ3v) is 14.0. The van der Waals surface area contributed by atoms with Crippen molar-refractivity contribution in [3.8, 4) is 0 Å². The molecule has 0 aliphatic carbocycles. The van der Waals surface area contributed by atoms with E-state index in [1.54, 1.807) is 0 Å². The minimum Gasteiger partial charge on any atom is -0.462 e. The van der Waals surface area contributed by atoms with Gasteiger partial charge in [0, 0.05) is 19.3 Å². The Hall–Kier alpha value is -4.97. The van der Waals surface area contributed by atoms with Gasteiger partial charge in [0.15, 0.2) is 6.10 Å². The van der Waals surface area contributed by atoms with Crippen molar-refractivity contribution in [2.45, 2.75) is 297 Å². The number of rotatable bonds is 60. The molecule has 0 radical (unpaired) electrons. The summed E-state index contributed by atoms with van der Waals surface area (Å²) in [5, 5.41) is 0. The van der Waals surface area contributed by atoms with Gasteiger partial charge in [0.05, 0.1) is 0 Å². The zero-order valence-electron chi connectivity index (χ0n) is 53.7. The van der Waals surface area contributed by atoms with E-state index in [4.69, 9.17) is 14.2 Å². The summed E-state index contributed by atoms with van der Waals surface area (Å²) < 4.78 is 16.8. The lowest BCUT2D eigenvalue weighted by Crippen LogP contribution is -2.30. The molecule has 0 aromatic rings. The molecule has 468 valence electrons. The van der Waals surface area contributed by atoms with Gasteiger partial charge in [0.25, 0.3) is 0 Å². The van der Waals surface area contributed by atoms with Gasteiger partial charge in [-0.05, 0) is 128 Å². The van der Waals surface area contributed by atoms with Gasteiger partial charge in [-0.15, -0.1) is 0 Å². The maximum Gasteiger partial charge on any atom is 0.306 e. The van der Waals surface area contributed by atoms with Crippen molar-refractivity contribution in [1.29, 1.82) is 0 Å². The van der Waals surface area contributed by atoms with Crippen LogP contribution in [-0.2, 0) is 28.6 Å². The molecule has 1 atom stereocenters. The zero-order chi connectivity index (χ0) is 59.9. The van der Waals surface area contributed by atoms with Crippen LogP contribution in [0.3, 0.4) is 0 Å². The first-order valence-electron chi connectivity index (χ1n) is 34.0. The van der Waals surface area contributed by atoms with Crippen LogP contribution in [0.2, 0.25) is 0 Å². The van der Waals surface area contributed by atoms with Crippen molar-refractivity contribution in [3.05, 3.63) is 158 Å². The minimum atomic E-state index is -0.788. The molecule has 0 aromatic heterocycles. The fourth-order valence-corrected chi connectivity index (χ4v) is 9.01. The monoisotopic (exact) mass is 1140 g/mol. The SMILES string of the molecule is CC/C=C\C/C=C\C/C=C\C/C=C\C/C=C\C/C=C\C/C=C\CCCCCCCCCC(=O)OC(COC(=O)CCCCCCC)COC(=O)CCCCCCCCCCCCCC/C=C\C/C=C\C/C=C\C/C=C\C/C=C\C/C=C\CC. The van der Waals surface area contributed by atoms with Crippen molar-refractivity contribution < 1.29 is 28.6 Å². The van der Waals surface area contributed by atoms with Gasteiger partial charge in [0.1, 0.15) is 13.2 Å². The van der Waals surface area contributed by atoms with E-state index in [1.807, 2.05) is 0 Å². The van der Waals surface area contributed by atoms with Gasteiger partial charge < -0.3 is 14.2 Å². The molecule has 0 amide bonds. The Labute approximate surface area is 511 Å². The maximum atomic E-state index is 12.9. The van der Waals surface area contributed by atoms with Crippen molar-refractivity contribution in [2.24, 2.45) is 0 Å². The molecule has 83 heavy (non-hydrogen) atoms. The summed E-state index contributed by atoms with van der Waals surface area (Å²) in [7, 11) is 0. The van der Waals surface area contributed by atoms with Gasteiger partial charge in [-0.2, -0.15) is 0 Å². The fourth-order valence-electron chi connectivity index (χ4n) is 9.01. The predicted molar refractivity (Wildman–Crippen MR) is 362 cm³/mol. The maximum absolute atomic E-state index is 12.9. The topological polar surface area (TPSA) is 78.9 Å². The molecular formula is C77H124O6. The van der Waals surface area contributed by atoms with E-state index in [9.17, 15) is 14.4 Å². The molecule has 0 saturated carbocycles. The number of allylic oxidation sites excluding steroid dienone is 26. The van der Waals surface area contributed by atoms with Gasteiger partial charge in [-0.1, -0.05) is 301 Å². The Morgan fingerprint density at radius 3 is 0.735 bits per heavy atom. The lowest BCUT2D eigenvalue weighted by atomic mass is 10.0. The molecule has 0 saturated heterocycles. The van der Waals surface area contributed by atoms with Crippen LogP contribution < -0.4 is 0 Å². The van der Waals surface area contributed by atoms with Gasteiger partial charge in [-0.25, -0.2) is 0 Å². The number of hydrogen-bond acceptors (Lipinski definition) is 6. The number of carbonyl (C=O) groups excluding carboxylic acids is 3. The van der Waals surface area contributed by atoms with Crippen molar-refractivity contribution in [3.63, 3.8) is 0 Å². The highest BCUT2D eigenvalue weighted by atomic mass is 16.6. The van der Waals surface area contributed by atoms with Crippen LogP contribution in [0.15, 0.2) is 158 Å². The molecule has 0 fully saturated rings. The molecule has 0 bridgehead atoms. The molecule has 0 aromatic carbocycles. The van der Waals surface area contributed by atoms with Crippen LogP contribution in [0.5, 0.6) is 0 Å². The largest absolute Gasteiger partial charge is 0.462 e. The molecule has 6 heteroatoms. The Morgan fingerprint density at radius 1 is 0.253 bits per heavy atom. The summed E-state index contributed by atoms with van der Waals surface area (Å²) in [6.45, 7) is 6.32. The summed E-state index contributed by atoms with van der Waals surface area (Å²) >= 11 is 0. The lowest BCUT2D eigenvalue weighted by Gasteiger charge is -2.18. The Morgan fingerprint density at radius 2 is 0.470 bits per heavy atom. The van der Waals surface area contributed by atoms with Crippen LogP contribution in [0.1, 0.15) is 290 Å². The number of ether oxygens (including phenoxy) is 3. The van der Waals surface area contributed by atoms with E-state index in [-0.39, 0.29) is 31.1 Å². The number of unbranched alkanes of at least 4 members (excludes halogenated alkanes) is 23. The van der Waals surface area contributed by atoms with E-state index in [0.29, 0.717) is 19.3 Å². The second-order valence-corrected chi connectivity index (χ2v) is 22.0. The van der Waals surface area contributed by atoms with Gasteiger partial charge in [-0.3, -0.25) is 14.4 Å². The smallest absolute Gasteiger partial charge is 0.306 e. The first kappa shape index (κ1) is 78.0. The van der Waals surface area contributed by atoms with Gasteiger partial charge in [0.2, 0.25) is 0 Å². The molecule has 1 unspecified atom stereocenters. The summed E-state index contributed by atoms with van der Waals surface area (Å²) in [6.07, 6.45) is 102. The van der Waals surface area contributed by atoms with Crippen molar-refractivity contribution in [2.75, 3.05) is 13.2 Å². The highest BCUT2D eigenvalue weighted by Crippen LogP contribution is 2.16. The lowest BCUT2D eigenvalue weighted by molar-refractivity contribution is -0.167. The Balaban J connectivity index is 4.08. The van der Waals surface area contributed by atoms with E-state index >= 15 is 0 Å². The summed E-state index contributed by atoms with van der Waals surface area (Å²) in [4.78, 5) is 38.0. The average Bonchev–Trinajstić information content (AvgIpc) is 3.48. The van der Waals surface area contributed by atoms with E-state index in [1.165, 1.54) is 89.9 Å². The molecule has 0 heterocycles. The van der Waals surface area contributed by atoms with E-state index in [0.717, 1.165) is 161 Å². The third kappa shape index (κ3) is 67.7. The molecule has 0 aliphatic rings. The van der Waals surface area contributed by atoms with Crippen molar-refractivity contribution in [1.82, 2.24) is 0 Å². The van der Waals surface area contributed by atoms with Crippen LogP contribution in [-0.4, -0.2) is 37.2 Å². The van der Waals surface area contributed by atoms with Crippen LogP contribution in [0.25, 0.3) is 0 Å². The summed E-state index contributed by atoms with van der Waals surface area (Å²) in [5.41, 5.74) is 0. The second-order valence-electron chi connectivity index (χ2n) is 22.0. The van der Waals surface area contributed by atoms with E-state index in [2.05, 4.69) is 179 Å². The van der Waals surface area contributed by atoms with Crippen LogP contribution >= 0.6 is 0 Å². The zero-order valence-corrected chi connectivity index (χ0v) is 53.7. The van der Waals surface area contributed by atoms with E-state index < -0.39 is 6.10 Å². The molecule has 0 aliphatic heterocycles. The fraction of sp³-hybridized carbons (Fsp3) is 0.623. The minimum absolute atomic E-state index is 0.0877. The van der Waals surface area contributed by atoms with Gasteiger partial charge >= 0.3 is 17.9 Å². The van der Waals surface area contributed by atoms with Crippen LogP contribution in [0, 0.1) is 0 Å². The Kier molecular flexibility index (Phi) is 65.4. The number of carbonyl (C=O) groups is 3.